The quantitative estimate of drug-likeness (QED) is 0.842. The van der Waals surface area contributed by atoms with Crippen molar-refractivity contribution in [3.05, 3.63) is 59.7 Å². The maximum Gasteiger partial charge on any atom is 0.203 e. The average Bonchev–Trinajstić information content (AvgIpc) is 2.59. The summed E-state index contributed by atoms with van der Waals surface area (Å²) in [6.07, 6.45) is 0. The molecule has 0 fully saturated rings. The van der Waals surface area contributed by atoms with Gasteiger partial charge in [-0.2, -0.15) is 5.26 Å². The Bertz CT molecular complexity index is 1000. The van der Waals surface area contributed by atoms with E-state index in [1.54, 1.807) is 13.1 Å². The average molecular weight is 352 g/mol. The minimum atomic E-state index is -2.52. The van der Waals surface area contributed by atoms with Crippen molar-refractivity contribution in [2.24, 2.45) is 10.7 Å². The van der Waals surface area contributed by atoms with E-state index in [0.29, 0.717) is 11.3 Å². The third-order valence-electron chi connectivity index (χ3n) is 4.50. The van der Waals surface area contributed by atoms with Crippen LogP contribution in [0.1, 0.15) is 18.1 Å². The van der Waals surface area contributed by atoms with Crippen LogP contribution in [0.3, 0.4) is 0 Å². The summed E-state index contributed by atoms with van der Waals surface area (Å²) in [7, 11) is -0.870. The largest absolute Gasteiger partial charge is 0.369 e. The molecule has 0 radical (unpaired) electrons. The summed E-state index contributed by atoms with van der Waals surface area (Å²) in [5.74, 6) is 4.36. The van der Waals surface area contributed by atoms with E-state index in [1.165, 1.54) is 4.31 Å². The van der Waals surface area contributed by atoms with Crippen LogP contribution in [0.5, 0.6) is 0 Å². The lowest BCUT2D eigenvalue weighted by Gasteiger charge is -2.37. The van der Waals surface area contributed by atoms with Crippen molar-refractivity contribution in [1.29, 1.82) is 5.26 Å². The summed E-state index contributed by atoms with van der Waals surface area (Å²) in [5.41, 5.74) is 8.71. The van der Waals surface area contributed by atoms with Crippen LogP contribution >= 0.6 is 0 Å². The van der Waals surface area contributed by atoms with E-state index in [0.717, 1.165) is 16.7 Å². The molecule has 2 aromatic carbocycles. The molecular formula is C19H20N4OS. The van der Waals surface area contributed by atoms with Crippen molar-refractivity contribution >= 4 is 21.5 Å². The van der Waals surface area contributed by atoms with Gasteiger partial charge in [-0.1, -0.05) is 30.3 Å². The van der Waals surface area contributed by atoms with Gasteiger partial charge < -0.3 is 5.73 Å². The van der Waals surface area contributed by atoms with Crippen LogP contribution in [0.25, 0.3) is 11.1 Å². The van der Waals surface area contributed by atoms with Crippen molar-refractivity contribution in [2.75, 3.05) is 12.8 Å². The first-order chi connectivity index (χ1) is 11.7. The highest BCUT2D eigenvalue weighted by molar-refractivity contribution is 7.98. The third kappa shape index (κ3) is 3.11. The zero-order valence-corrected chi connectivity index (χ0v) is 15.1. The van der Waals surface area contributed by atoms with Crippen molar-refractivity contribution < 1.29 is 4.21 Å². The molecule has 1 aliphatic heterocycles. The molecule has 128 valence electrons. The highest BCUT2D eigenvalue weighted by atomic mass is 32.2. The van der Waals surface area contributed by atoms with E-state index in [9.17, 15) is 4.21 Å². The number of hydrogen-bond donors (Lipinski definition) is 1. The third-order valence-corrected chi connectivity index (χ3v) is 6.70. The van der Waals surface area contributed by atoms with E-state index < -0.39 is 15.2 Å². The SMILES string of the molecule is C=S1(=O)C[C@@](C)(c2cccc(-c3cccc(C#N)c3)c2)N=C(N)N1C. The molecule has 25 heavy (non-hydrogen) atoms. The van der Waals surface area contributed by atoms with E-state index in [-0.39, 0.29) is 5.96 Å². The Kier molecular flexibility index (Phi) is 4.05. The number of nitrogens with zero attached hydrogens (tertiary/aromatic N) is 3. The highest BCUT2D eigenvalue weighted by Gasteiger charge is 2.36. The van der Waals surface area contributed by atoms with Crippen molar-refractivity contribution in [1.82, 2.24) is 4.31 Å². The lowest BCUT2D eigenvalue weighted by atomic mass is 9.91. The van der Waals surface area contributed by atoms with Crippen molar-refractivity contribution in [3.8, 4) is 17.2 Å². The maximum absolute atomic E-state index is 12.8. The van der Waals surface area contributed by atoms with Gasteiger partial charge in [-0.05, 0) is 47.7 Å². The summed E-state index contributed by atoms with van der Waals surface area (Å²) in [5, 5.41) is 9.09. The van der Waals surface area contributed by atoms with Gasteiger partial charge >= 0.3 is 0 Å². The molecular weight excluding hydrogens is 332 g/mol. The predicted molar refractivity (Wildman–Crippen MR) is 103 cm³/mol. The number of aliphatic imine (C=N–C) groups is 1. The lowest BCUT2D eigenvalue weighted by molar-refractivity contribution is 0.514. The molecule has 0 aliphatic carbocycles. The number of hydrogen-bond acceptors (Lipinski definition) is 4. The fourth-order valence-corrected chi connectivity index (χ4v) is 4.70. The number of guanidine groups is 1. The van der Waals surface area contributed by atoms with Gasteiger partial charge in [-0.15, -0.1) is 0 Å². The number of rotatable bonds is 2. The maximum atomic E-state index is 12.8. The predicted octanol–water partition coefficient (Wildman–Crippen LogP) is 2.33. The van der Waals surface area contributed by atoms with Crippen LogP contribution in [0.2, 0.25) is 0 Å². The molecule has 0 amide bonds. The van der Waals surface area contributed by atoms with Gasteiger partial charge in [0.25, 0.3) is 0 Å². The first-order valence-electron chi connectivity index (χ1n) is 7.80. The standard InChI is InChI=1S/C19H20N4OS/c1-19(13-25(3,24)23(2)18(21)22-19)17-9-5-8-16(11-17)15-7-4-6-14(10-15)12-20/h4-11H,3,13H2,1-2H3,(H2,21,22)/t19-,25?/m0/s1. The molecule has 1 unspecified atom stereocenters. The van der Waals surface area contributed by atoms with Crippen LogP contribution in [0, 0.1) is 11.3 Å². The molecule has 2 atom stereocenters. The van der Waals surface area contributed by atoms with Crippen LogP contribution in [0.4, 0.5) is 0 Å². The van der Waals surface area contributed by atoms with Gasteiger partial charge in [0.05, 0.1) is 32.6 Å². The van der Waals surface area contributed by atoms with E-state index in [4.69, 9.17) is 11.0 Å². The number of nitriles is 1. The van der Waals surface area contributed by atoms with Crippen LogP contribution in [0.15, 0.2) is 53.5 Å². The van der Waals surface area contributed by atoms with Crippen molar-refractivity contribution in [3.63, 3.8) is 0 Å². The minimum absolute atomic E-state index is 0.227. The molecule has 5 nitrogen and oxygen atoms in total. The second-order valence-electron chi connectivity index (χ2n) is 6.43. The molecule has 0 spiro atoms. The zero-order chi connectivity index (χ0) is 18.2. The second kappa shape index (κ2) is 5.94. The number of nitrogens with two attached hydrogens (primary N) is 1. The fraction of sp³-hybridized carbons (Fsp3) is 0.211. The summed E-state index contributed by atoms with van der Waals surface area (Å²) in [6.45, 7) is 1.92. The Morgan fingerprint density at radius 2 is 1.92 bits per heavy atom. The molecule has 3 rings (SSSR count). The van der Waals surface area contributed by atoms with E-state index in [2.05, 4.69) is 16.9 Å². The molecule has 2 aromatic rings. The van der Waals surface area contributed by atoms with Gasteiger partial charge in [-0.3, -0.25) is 4.31 Å². The summed E-state index contributed by atoms with van der Waals surface area (Å²) < 4.78 is 14.2. The van der Waals surface area contributed by atoms with Crippen LogP contribution in [-0.2, 0) is 15.2 Å². The highest BCUT2D eigenvalue weighted by Crippen LogP contribution is 2.34. The van der Waals surface area contributed by atoms with Gasteiger partial charge in [0, 0.05) is 7.05 Å². The summed E-state index contributed by atoms with van der Waals surface area (Å²) in [6, 6.07) is 17.5. The first kappa shape index (κ1) is 17.1. The van der Waals surface area contributed by atoms with Crippen molar-refractivity contribution in [2.45, 2.75) is 12.5 Å². The Morgan fingerprint density at radius 3 is 2.56 bits per heavy atom. The summed E-state index contributed by atoms with van der Waals surface area (Å²) >= 11 is 0. The molecule has 1 heterocycles. The molecule has 6 heteroatoms. The van der Waals surface area contributed by atoms with E-state index in [1.807, 2.05) is 49.4 Å². The Hall–Kier alpha value is -2.78. The molecule has 0 saturated carbocycles. The van der Waals surface area contributed by atoms with Gasteiger partial charge in [0.1, 0.15) is 0 Å². The summed E-state index contributed by atoms with van der Waals surface area (Å²) in [4.78, 5) is 4.58. The number of benzene rings is 2. The topological polar surface area (TPSA) is 82.5 Å². The lowest BCUT2D eigenvalue weighted by Crippen LogP contribution is -2.50. The molecule has 0 bridgehead atoms. The molecule has 1 aliphatic rings. The van der Waals surface area contributed by atoms with Crippen LogP contribution in [-0.4, -0.2) is 33.1 Å². The van der Waals surface area contributed by atoms with Gasteiger partial charge in [0.2, 0.25) is 5.96 Å². The smallest absolute Gasteiger partial charge is 0.203 e. The van der Waals surface area contributed by atoms with Gasteiger partial charge in [0.15, 0.2) is 0 Å². The first-order valence-corrected chi connectivity index (χ1v) is 9.66. The van der Waals surface area contributed by atoms with E-state index >= 15 is 0 Å². The molecule has 0 aromatic heterocycles. The monoisotopic (exact) mass is 352 g/mol. The minimum Gasteiger partial charge on any atom is -0.369 e. The normalized spacial score (nSPS) is 26.0. The zero-order valence-electron chi connectivity index (χ0n) is 14.3. The van der Waals surface area contributed by atoms with Gasteiger partial charge in [-0.25, -0.2) is 9.20 Å². The molecule has 2 N–H and O–H groups in total. The fourth-order valence-electron chi connectivity index (χ4n) is 3.01. The Balaban J connectivity index is 2.09. The Labute approximate surface area is 148 Å². The molecule has 0 saturated heterocycles. The van der Waals surface area contributed by atoms with Crippen LogP contribution < -0.4 is 5.73 Å². The second-order valence-corrected chi connectivity index (χ2v) is 8.81. The Morgan fingerprint density at radius 1 is 1.28 bits per heavy atom.